The maximum Gasteiger partial charge on any atom is 0.250 e. The van der Waals surface area contributed by atoms with Gasteiger partial charge in [-0.25, -0.2) is 8.78 Å². The van der Waals surface area contributed by atoms with E-state index < -0.39 is 28.5 Å². The molecule has 1 saturated heterocycles. The fraction of sp³-hybridized carbons (Fsp3) is 0.333. The highest BCUT2D eigenvalue weighted by Gasteiger charge is 2.52. The van der Waals surface area contributed by atoms with Gasteiger partial charge in [0.15, 0.2) is 0 Å². The first kappa shape index (κ1) is 19.0. The fourth-order valence-electron chi connectivity index (χ4n) is 3.28. The van der Waals surface area contributed by atoms with Crippen molar-refractivity contribution < 1.29 is 18.4 Å². The molecule has 6 heteroatoms. The van der Waals surface area contributed by atoms with Crippen LogP contribution in [-0.2, 0) is 15.0 Å². The summed E-state index contributed by atoms with van der Waals surface area (Å²) >= 11 is 0. The first-order valence-electron chi connectivity index (χ1n) is 8.80. The average Bonchev–Trinajstić information content (AvgIpc) is 2.63. The van der Waals surface area contributed by atoms with E-state index in [0.29, 0.717) is 19.0 Å². The normalized spacial score (nSPS) is 19.4. The van der Waals surface area contributed by atoms with E-state index in [-0.39, 0.29) is 11.6 Å². The lowest BCUT2D eigenvalue weighted by Gasteiger charge is -2.51. The van der Waals surface area contributed by atoms with E-state index in [2.05, 4.69) is 5.32 Å². The van der Waals surface area contributed by atoms with E-state index in [1.54, 1.807) is 6.92 Å². The molecule has 142 valence electrons. The van der Waals surface area contributed by atoms with Crippen LogP contribution in [0.1, 0.15) is 32.8 Å². The molecule has 1 fully saturated rings. The van der Waals surface area contributed by atoms with Crippen molar-refractivity contribution in [2.45, 2.75) is 38.1 Å². The van der Waals surface area contributed by atoms with Crippen molar-refractivity contribution in [3.63, 3.8) is 0 Å². The zero-order valence-electron chi connectivity index (χ0n) is 15.6. The van der Waals surface area contributed by atoms with E-state index >= 15 is 0 Å². The third-order valence-electron chi connectivity index (χ3n) is 5.36. The van der Waals surface area contributed by atoms with E-state index in [1.807, 2.05) is 44.2 Å². The number of carbonyl (C=O) groups is 2. The minimum Gasteiger partial charge on any atom is -0.327 e. The number of halogens is 2. The first-order valence-corrected chi connectivity index (χ1v) is 8.80. The third-order valence-corrected chi connectivity index (χ3v) is 5.36. The SMILES string of the molecule is CC(C)(C(=O)N1CCC1(C)C(=O)Nc1ccc(F)cc1F)c1ccccc1. The Morgan fingerprint density at radius 2 is 1.78 bits per heavy atom. The lowest BCUT2D eigenvalue weighted by atomic mass is 9.77. The van der Waals surface area contributed by atoms with E-state index in [1.165, 1.54) is 11.0 Å². The molecule has 2 aromatic carbocycles. The highest BCUT2D eigenvalue weighted by atomic mass is 19.1. The smallest absolute Gasteiger partial charge is 0.250 e. The second-order valence-electron chi connectivity index (χ2n) is 7.55. The molecule has 0 spiro atoms. The topological polar surface area (TPSA) is 49.4 Å². The lowest BCUT2D eigenvalue weighted by molar-refractivity contribution is -0.158. The van der Waals surface area contributed by atoms with Crippen LogP contribution in [-0.4, -0.2) is 28.8 Å². The molecule has 1 heterocycles. The molecule has 1 aliphatic rings. The van der Waals surface area contributed by atoms with Crippen LogP contribution in [0.2, 0.25) is 0 Å². The van der Waals surface area contributed by atoms with Gasteiger partial charge in [-0.05, 0) is 44.9 Å². The summed E-state index contributed by atoms with van der Waals surface area (Å²) in [6.45, 7) is 5.75. The molecule has 0 saturated carbocycles. The molecule has 0 radical (unpaired) electrons. The molecule has 1 N–H and O–H groups in total. The summed E-state index contributed by atoms with van der Waals surface area (Å²) in [5, 5.41) is 2.48. The zero-order valence-corrected chi connectivity index (χ0v) is 15.6. The van der Waals surface area contributed by atoms with Crippen molar-refractivity contribution in [1.29, 1.82) is 0 Å². The summed E-state index contributed by atoms with van der Waals surface area (Å²) in [7, 11) is 0. The Kier molecular flexibility index (Phi) is 4.76. The first-order chi connectivity index (χ1) is 12.7. The van der Waals surface area contributed by atoms with Crippen LogP contribution >= 0.6 is 0 Å². The Balaban J connectivity index is 1.80. The second-order valence-corrected chi connectivity index (χ2v) is 7.55. The maximum atomic E-state index is 13.9. The van der Waals surface area contributed by atoms with Crippen LogP contribution in [0.25, 0.3) is 0 Å². The summed E-state index contributed by atoms with van der Waals surface area (Å²) in [6, 6.07) is 12.3. The van der Waals surface area contributed by atoms with Gasteiger partial charge < -0.3 is 10.2 Å². The number of amides is 2. The van der Waals surface area contributed by atoms with Crippen LogP contribution in [0, 0.1) is 11.6 Å². The van der Waals surface area contributed by atoms with Gasteiger partial charge in [-0.3, -0.25) is 9.59 Å². The summed E-state index contributed by atoms with van der Waals surface area (Å²) in [6.07, 6.45) is 0.470. The zero-order chi connectivity index (χ0) is 19.8. The molecule has 2 amide bonds. The molecule has 2 aromatic rings. The molecule has 1 atom stereocenters. The number of carbonyl (C=O) groups excluding carboxylic acids is 2. The van der Waals surface area contributed by atoms with Gasteiger partial charge in [-0.15, -0.1) is 0 Å². The van der Waals surface area contributed by atoms with Crippen LogP contribution in [0.3, 0.4) is 0 Å². The van der Waals surface area contributed by atoms with Crippen molar-refractivity contribution in [3.8, 4) is 0 Å². The number of hydrogen-bond donors (Lipinski definition) is 1. The molecule has 0 aliphatic carbocycles. The van der Waals surface area contributed by atoms with Gasteiger partial charge in [0.1, 0.15) is 17.2 Å². The number of likely N-dealkylation sites (tertiary alicyclic amines) is 1. The number of benzene rings is 2. The van der Waals surface area contributed by atoms with Gasteiger partial charge in [-0.1, -0.05) is 30.3 Å². The molecule has 1 aliphatic heterocycles. The summed E-state index contributed by atoms with van der Waals surface area (Å²) in [4.78, 5) is 27.4. The van der Waals surface area contributed by atoms with Crippen LogP contribution in [0.4, 0.5) is 14.5 Å². The van der Waals surface area contributed by atoms with Crippen molar-refractivity contribution in [1.82, 2.24) is 4.90 Å². The summed E-state index contributed by atoms with van der Waals surface area (Å²) in [5.74, 6) is -2.23. The van der Waals surface area contributed by atoms with Gasteiger partial charge in [0.25, 0.3) is 0 Å². The van der Waals surface area contributed by atoms with Gasteiger partial charge in [-0.2, -0.15) is 0 Å². The van der Waals surface area contributed by atoms with Crippen molar-refractivity contribution >= 4 is 17.5 Å². The molecular formula is C21H22F2N2O2. The van der Waals surface area contributed by atoms with Crippen LogP contribution < -0.4 is 5.32 Å². The highest BCUT2D eigenvalue weighted by Crippen LogP contribution is 2.37. The second kappa shape index (κ2) is 6.76. The summed E-state index contributed by atoms with van der Waals surface area (Å²) < 4.78 is 26.9. The average molecular weight is 372 g/mol. The number of rotatable bonds is 4. The van der Waals surface area contributed by atoms with E-state index in [9.17, 15) is 18.4 Å². The van der Waals surface area contributed by atoms with Crippen molar-refractivity contribution in [2.75, 3.05) is 11.9 Å². The Morgan fingerprint density at radius 1 is 1.11 bits per heavy atom. The number of anilines is 1. The minimum absolute atomic E-state index is 0.107. The van der Waals surface area contributed by atoms with Crippen molar-refractivity contribution in [3.05, 3.63) is 65.7 Å². The predicted molar refractivity (Wildman–Crippen MR) is 99.2 cm³/mol. The van der Waals surface area contributed by atoms with E-state index in [4.69, 9.17) is 0 Å². The molecule has 27 heavy (non-hydrogen) atoms. The largest absolute Gasteiger partial charge is 0.327 e. The molecule has 0 bridgehead atoms. The predicted octanol–water partition coefficient (Wildman–Crippen LogP) is 3.87. The fourth-order valence-corrected chi connectivity index (χ4v) is 3.28. The Morgan fingerprint density at radius 3 is 2.33 bits per heavy atom. The van der Waals surface area contributed by atoms with Gasteiger partial charge in [0.05, 0.1) is 11.1 Å². The maximum absolute atomic E-state index is 13.9. The van der Waals surface area contributed by atoms with Crippen LogP contribution in [0.15, 0.2) is 48.5 Å². The number of hydrogen-bond acceptors (Lipinski definition) is 2. The van der Waals surface area contributed by atoms with Crippen molar-refractivity contribution in [2.24, 2.45) is 0 Å². The molecule has 3 rings (SSSR count). The van der Waals surface area contributed by atoms with Crippen LogP contribution in [0.5, 0.6) is 0 Å². The standard InChI is InChI=1S/C21H22F2N2O2/c1-20(2,14-7-5-4-6-8-14)19(27)25-12-11-21(25,3)18(26)24-17-10-9-15(22)13-16(17)23/h4-10,13H,11-12H2,1-3H3,(H,24,26). The number of nitrogens with one attached hydrogen (secondary N) is 1. The third kappa shape index (κ3) is 3.31. The quantitative estimate of drug-likeness (QED) is 0.886. The Hall–Kier alpha value is -2.76. The van der Waals surface area contributed by atoms with Gasteiger partial charge in [0, 0.05) is 12.6 Å². The molecule has 1 unspecified atom stereocenters. The monoisotopic (exact) mass is 372 g/mol. The van der Waals surface area contributed by atoms with Gasteiger partial charge >= 0.3 is 0 Å². The molecule has 0 aromatic heterocycles. The highest BCUT2D eigenvalue weighted by molar-refractivity contribution is 6.02. The van der Waals surface area contributed by atoms with E-state index in [0.717, 1.165) is 11.6 Å². The Labute approximate surface area is 157 Å². The Bertz CT molecular complexity index is 883. The number of nitrogens with zero attached hydrogens (tertiary/aromatic N) is 1. The minimum atomic E-state index is -1.08. The molecular weight excluding hydrogens is 350 g/mol. The summed E-state index contributed by atoms with van der Waals surface area (Å²) in [5.41, 5.74) is -1.13. The molecule has 4 nitrogen and oxygen atoms in total. The van der Waals surface area contributed by atoms with Gasteiger partial charge in [0.2, 0.25) is 11.8 Å². The lowest BCUT2D eigenvalue weighted by Crippen LogP contribution is -2.68.